The van der Waals surface area contributed by atoms with Crippen LogP contribution in [0.1, 0.15) is 10.4 Å². The second-order valence-electron chi connectivity index (χ2n) is 6.53. The van der Waals surface area contributed by atoms with Crippen molar-refractivity contribution in [2.24, 2.45) is 0 Å². The first-order valence-corrected chi connectivity index (χ1v) is 11.0. The molecule has 4 heteroatoms. The Labute approximate surface area is 177 Å². The maximum absolute atomic E-state index is 5.94. The van der Waals surface area contributed by atoms with E-state index < -0.39 is 0 Å². The fraction of sp³-hybridized carbons (Fsp3) is 0. The summed E-state index contributed by atoms with van der Waals surface area (Å²) in [4.78, 5) is 8.31. The number of thiophene rings is 2. The van der Waals surface area contributed by atoms with Crippen LogP contribution in [0.15, 0.2) is 94.9 Å². The lowest BCUT2D eigenvalue weighted by Gasteiger charge is -1.98. The van der Waals surface area contributed by atoms with Crippen LogP contribution in [0, 0.1) is 0 Å². The van der Waals surface area contributed by atoms with Crippen LogP contribution >= 0.6 is 22.7 Å². The van der Waals surface area contributed by atoms with E-state index in [2.05, 4.69) is 58.9 Å². The molecule has 0 aliphatic heterocycles. The predicted octanol–water partition coefficient (Wildman–Crippen LogP) is 7.97. The summed E-state index contributed by atoms with van der Waals surface area (Å²) in [5.41, 5.74) is 3.15. The fourth-order valence-corrected chi connectivity index (χ4v) is 4.80. The zero-order chi connectivity index (χ0) is 19.5. The number of rotatable bonds is 5. The Morgan fingerprint density at radius 3 is 2.38 bits per heavy atom. The van der Waals surface area contributed by atoms with E-state index in [1.54, 1.807) is 17.5 Å². The number of nitrogens with zero attached hydrogens (tertiary/aromatic N) is 1. The van der Waals surface area contributed by atoms with Gasteiger partial charge in [0.2, 0.25) is 5.89 Å². The van der Waals surface area contributed by atoms with Gasteiger partial charge >= 0.3 is 0 Å². The van der Waals surface area contributed by atoms with E-state index >= 15 is 0 Å². The Kier molecular flexibility index (Phi) is 4.95. The first kappa shape index (κ1) is 17.9. The monoisotopic (exact) mass is 411 g/mol. The number of hydrogen-bond acceptors (Lipinski definition) is 4. The van der Waals surface area contributed by atoms with Crippen molar-refractivity contribution in [3.63, 3.8) is 0 Å². The lowest BCUT2D eigenvalue weighted by molar-refractivity contribution is 0.589. The van der Waals surface area contributed by atoms with Gasteiger partial charge < -0.3 is 4.42 Å². The third kappa shape index (κ3) is 3.99. The molecule has 0 radical (unpaired) electrons. The van der Waals surface area contributed by atoms with Gasteiger partial charge in [0.1, 0.15) is 0 Å². The highest BCUT2D eigenvalue weighted by Crippen LogP contribution is 2.32. The van der Waals surface area contributed by atoms with Gasteiger partial charge in [0.05, 0.1) is 6.20 Å². The highest BCUT2D eigenvalue weighted by molar-refractivity contribution is 7.21. The molecule has 0 aliphatic carbocycles. The molecule has 0 atom stereocenters. The molecule has 0 amide bonds. The predicted molar refractivity (Wildman–Crippen MR) is 124 cm³/mol. The van der Waals surface area contributed by atoms with E-state index in [9.17, 15) is 0 Å². The summed E-state index contributed by atoms with van der Waals surface area (Å²) in [6.07, 6.45) is 6.08. The molecule has 0 saturated carbocycles. The largest absolute Gasteiger partial charge is 0.436 e. The molecule has 29 heavy (non-hydrogen) atoms. The molecular formula is C25H17NOS2. The summed E-state index contributed by atoms with van der Waals surface area (Å²) in [5.74, 6) is 1.42. The van der Waals surface area contributed by atoms with E-state index in [0.29, 0.717) is 5.89 Å². The molecule has 3 heterocycles. The van der Waals surface area contributed by atoms with Crippen molar-refractivity contribution in [2.45, 2.75) is 0 Å². The van der Waals surface area contributed by atoms with Gasteiger partial charge in [0.15, 0.2) is 5.76 Å². The first-order valence-electron chi connectivity index (χ1n) is 9.29. The number of oxazole rings is 1. The Morgan fingerprint density at radius 1 is 0.724 bits per heavy atom. The Bertz CT molecular complexity index is 1230. The minimum absolute atomic E-state index is 0.637. The molecule has 3 aromatic heterocycles. The van der Waals surface area contributed by atoms with E-state index in [1.165, 1.54) is 14.6 Å². The number of hydrogen-bond donors (Lipinski definition) is 0. The van der Waals surface area contributed by atoms with Crippen LogP contribution in [-0.2, 0) is 0 Å². The van der Waals surface area contributed by atoms with Crippen molar-refractivity contribution in [1.29, 1.82) is 0 Å². The maximum atomic E-state index is 5.94. The number of benzene rings is 2. The normalized spacial score (nSPS) is 11.3. The highest BCUT2D eigenvalue weighted by Gasteiger charge is 2.08. The van der Waals surface area contributed by atoms with Gasteiger partial charge in [-0.15, -0.1) is 22.7 Å². The molecule has 0 N–H and O–H groups in total. The van der Waals surface area contributed by atoms with Gasteiger partial charge in [-0.2, -0.15) is 0 Å². The lowest BCUT2D eigenvalue weighted by Crippen LogP contribution is -1.77. The fourth-order valence-electron chi connectivity index (χ4n) is 3.05. The van der Waals surface area contributed by atoms with Crippen molar-refractivity contribution in [3.8, 4) is 32.5 Å². The number of aromatic nitrogens is 1. The first-order chi connectivity index (χ1) is 14.3. The molecule has 2 aromatic carbocycles. The summed E-state index contributed by atoms with van der Waals surface area (Å²) in [5, 5.41) is 2.11. The van der Waals surface area contributed by atoms with Crippen LogP contribution in [0.3, 0.4) is 0 Å². The van der Waals surface area contributed by atoms with Crippen molar-refractivity contribution >= 4 is 34.8 Å². The van der Waals surface area contributed by atoms with Crippen LogP contribution < -0.4 is 0 Å². The molecule has 0 spiro atoms. The van der Waals surface area contributed by atoms with E-state index in [1.807, 2.05) is 53.8 Å². The molecule has 5 aromatic rings. The van der Waals surface area contributed by atoms with E-state index in [4.69, 9.17) is 4.42 Å². The second kappa shape index (κ2) is 8.03. The quantitative estimate of drug-likeness (QED) is 0.293. The van der Waals surface area contributed by atoms with Crippen molar-refractivity contribution < 1.29 is 4.42 Å². The minimum Gasteiger partial charge on any atom is -0.436 e. The molecular weight excluding hydrogens is 394 g/mol. The average Bonchev–Trinajstić information content (AvgIpc) is 3.55. The summed E-state index contributed by atoms with van der Waals surface area (Å²) in [6, 6.07) is 26.9. The smallest absolute Gasteiger partial charge is 0.226 e. The zero-order valence-electron chi connectivity index (χ0n) is 15.5. The van der Waals surface area contributed by atoms with Crippen LogP contribution in [-0.4, -0.2) is 4.98 Å². The van der Waals surface area contributed by atoms with E-state index in [0.717, 1.165) is 22.5 Å². The second-order valence-corrected chi connectivity index (χ2v) is 8.59. The molecule has 0 aliphatic rings. The highest BCUT2D eigenvalue weighted by atomic mass is 32.1. The summed E-state index contributed by atoms with van der Waals surface area (Å²) < 4.78 is 5.94. The van der Waals surface area contributed by atoms with Crippen molar-refractivity contribution in [2.75, 3.05) is 0 Å². The van der Waals surface area contributed by atoms with Gasteiger partial charge in [-0.25, -0.2) is 4.98 Å². The van der Waals surface area contributed by atoms with Crippen molar-refractivity contribution in [1.82, 2.24) is 4.98 Å². The molecule has 5 rings (SSSR count). The topological polar surface area (TPSA) is 26.0 Å². The Morgan fingerprint density at radius 2 is 1.59 bits per heavy atom. The molecule has 0 bridgehead atoms. The standard InChI is InChI=1S/C25H17NOS2/c1-2-5-19(6-3-1)22-17-26-25(27-22)20-11-8-18(9-12-20)10-13-21-14-15-24(29-21)23-7-4-16-28-23/h1-17H/b13-10+. The molecule has 0 fully saturated rings. The van der Waals surface area contributed by atoms with Crippen molar-refractivity contribution in [3.05, 3.63) is 101 Å². The molecule has 0 unspecified atom stereocenters. The van der Waals surface area contributed by atoms with Gasteiger partial charge in [-0.1, -0.05) is 54.6 Å². The SMILES string of the molecule is C(=C\c1ccc(-c2cccs2)s1)/c1ccc(-c2ncc(-c3ccccc3)o2)cc1. The van der Waals surface area contributed by atoms with E-state index in [-0.39, 0.29) is 0 Å². The van der Waals surface area contributed by atoms with Gasteiger partial charge in [-0.05, 0) is 47.4 Å². The third-order valence-corrected chi connectivity index (χ3v) is 6.67. The molecule has 140 valence electrons. The molecule has 2 nitrogen and oxygen atoms in total. The van der Waals surface area contributed by atoms with Crippen LogP contribution in [0.25, 0.3) is 44.7 Å². The van der Waals surface area contributed by atoms with Gasteiger partial charge in [0, 0.05) is 25.8 Å². The summed E-state index contributed by atoms with van der Waals surface area (Å²) in [7, 11) is 0. The van der Waals surface area contributed by atoms with Gasteiger partial charge in [-0.3, -0.25) is 0 Å². The third-order valence-electron chi connectivity index (χ3n) is 4.55. The molecule has 0 saturated heterocycles. The summed E-state index contributed by atoms with van der Waals surface area (Å²) in [6.45, 7) is 0. The lowest BCUT2D eigenvalue weighted by atomic mass is 10.1. The van der Waals surface area contributed by atoms with Crippen LogP contribution in [0.4, 0.5) is 0 Å². The minimum atomic E-state index is 0.637. The average molecular weight is 412 g/mol. The Balaban J connectivity index is 1.31. The van der Waals surface area contributed by atoms with Crippen LogP contribution in [0.5, 0.6) is 0 Å². The maximum Gasteiger partial charge on any atom is 0.226 e. The summed E-state index contributed by atoms with van der Waals surface area (Å²) >= 11 is 3.58. The zero-order valence-corrected chi connectivity index (χ0v) is 17.1. The van der Waals surface area contributed by atoms with Gasteiger partial charge in [0.25, 0.3) is 0 Å². The van der Waals surface area contributed by atoms with Crippen LogP contribution in [0.2, 0.25) is 0 Å². The Hall–Kier alpha value is -3.21.